The zero-order chi connectivity index (χ0) is 15.4. The molecule has 0 spiro atoms. The van der Waals surface area contributed by atoms with E-state index in [1.54, 1.807) is 7.05 Å². The van der Waals surface area contributed by atoms with Crippen LogP contribution in [0.15, 0.2) is 0 Å². The van der Waals surface area contributed by atoms with Gasteiger partial charge in [-0.2, -0.15) is 4.37 Å². The smallest absolute Gasteiger partial charge is 0.257 e. The van der Waals surface area contributed by atoms with E-state index >= 15 is 0 Å². The molecule has 0 bridgehead atoms. The maximum Gasteiger partial charge on any atom is 0.257 e. The van der Waals surface area contributed by atoms with Gasteiger partial charge in [0.25, 0.3) is 5.91 Å². The fourth-order valence-corrected chi connectivity index (χ4v) is 3.80. The van der Waals surface area contributed by atoms with Crippen LogP contribution in [0.4, 0.5) is 10.8 Å². The standard InChI is InChI=1S/C15H26N4OS/c1-10(2)8-9-19(11-6-4-5-7-11)15-12(14(20)17-3)13(16)18-21-15/h10-11H,4-9H2,1-3H3,(H2,16,18)(H,17,20). The second-order valence-electron chi connectivity index (χ2n) is 6.14. The van der Waals surface area contributed by atoms with Crippen molar-refractivity contribution in [2.24, 2.45) is 5.92 Å². The average molecular weight is 310 g/mol. The highest BCUT2D eigenvalue weighted by Crippen LogP contribution is 2.36. The summed E-state index contributed by atoms with van der Waals surface area (Å²) in [5.74, 6) is 0.855. The first-order valence-electron chi connectivity index (χ1n) is 7.78. The van der Waals surface area contributed by atoms with Crippen LogP contribution in [0.25, 0.3) is 0 Å². The Kier molecular flexibility index (Phi) is 5.45. The molecule has 2 rings (SSSR count). The number of nitrogens with two attached hydrogens (primary N) is 1. The summed E-state index contributed by atoms with van der Waals surface area (Å²) < 4.78 is 4.22. The molecule has 1 fully saturated rings. The van der Waals surface area contributed by atoms with Gasteiger partial charge in [0.05, 0.1) is 0 Å². The van der Waals surface area contributed by atoms with E-state index in [4.69, 9.17) is 5.73 Å². The number of nitrogens with one attached hydrogen (secondary N) is 1. The minimum absolute atomic E-state index is 0.135. The molecule has 0 aliphatic heterocycles. The lowest BCUT2D eigenvalue weighted by atomic mass is 10.1. The van der Waals surface area contributed by atoms with Crippen LogP contribution < -0.4 is 16.0 Å². The molecule has 0 unspecified atom stereocenters. The monoisotopic (exact) mass is 310 g/mol. The summed E-state index contributed by atoms with van der Waals surface area (Å²) in [6, 6.07) is 0.520. The van der Waals surface area contributed by atoms with Crippen molar-refractivity contribution in [2.75, 3.05) is 24.2 Å². The third-order valence-corrected chi connectivity index (χ3v) is 5.03. The van der Waals surface area contributed by atoms with E-state index in [0.717, 1.165) is 18.0 Å². The number of nitrogen functional groups attached to an aromatic ring is 1. The zero-order valence-electron chi connectivity index (χ0n) is 13.2. The number of rotatable bonds is 6. The molecule has 0 radical (unpaired) electrons. The van der Waals surface area contributed by atoms with Gasteiger partial charge in [-0.05, 0) is 36.7 Å². The maximum atomic E-state index is 12.1. The van der Waals surface area contributed by atoms with E-state index in [1.165, 1.54) is 37.2 Å². The minimum Gasteiger partial charge on any atom is -0.382 e. The second-order valence-corrected chi connectivity index (χ2v) is 6.89. The summed E-state index contributed by atoms with van der Waals surface area (Å²) in [4.78, 5) is 14.5. The van der Waals surface area contributed by atoms with E-state index in [0.29, 0.717) is 23.3 Å². The van der Waals surface area contributed by atoms with Crippen LogP contribution in [0, 0.1) is 5.92 Å². The minimum atomic E-state index is -0.135. The van der Waals surface area contributed by atoms with Gasteiger partial charge in [0, 0.05) is 19.6 Å². The first-order valence-corrected chi connectivity index (χ1v) is 8.55. The van der Waals surface area contributed by atoms with E-state index < -0.39 is 0 Å². The number of anilines is 2. The number of hydrogen-bond donors (Lipinski definition) is 2. The third-order valence-electron chi connectivity index (χ3n) is 4.13. The molecule has 1 amide bonds. The molecule has 0 saturated heterocycles. The van der Waals surface area contributed by atoms with Crippen LogP contribution in [-0.4, -0.2) is 29.9 Å². The number of carbonyl (C=O) groups is 1. The molecule has 0 atom stereocenters. The van der Waals surface area contributed by atoms with Gasteiger partial charge in [-0.25, -0.2) is 0 Å². The number of hydrogen-bond acceptors (Lipinski definition) is 5. The number of carbonyl (C=O) groups excluding carboxylic acids is 1. The molecular formula is C15H26N4OS. The lowest BCUT2D eigenvalue weighted by Gasteiger charge is -2.31. The van der Waals surface area contributed by atoms with Crippen molar-refractivity contribution in [1.82, 2.24) is 9.69 Å². The Balaban J connectivity index is 2.29. The SMILES string of the molecule is CNC(=O)c1c(N)nsc1N(CCC(C)C)C1CCCC1. The summed E-state index contributed by atoms with van der Waals surface area (Å²) in [5, 5.41) is 3.62. The van der Waals surface area contributed by atoms with E-state index in [-0.39, 0.29) is 5.91 Å². The highest BCUT2D eigenvalue weighted by molar-refractivity contribution is 7.11. The lowest BCUT2D eigenvalue weighted by molar-refractivity contribution is 0.0964. The van der Waals surface area contributed by atoms with Crippen molar-refractivity contribution in [3.05, 3.63) is 5.56 Å². The van der Waals surface area contributed by atoms with Crippen molar-refractivity contribution in [3.8, 4) is 0 Å². The summed E-state index contributed by atoms with van der Waals surface area (Å²) >= 11 is 1.36. The number of aromatic nitrogens is 1. The molecule has 1 saturated carbocycles. The average Bonchev–Trinajstić information content (AvgIpc) is 3.09. The molecule has 1 aliphatic rings. The molecule has 0 aromatic carbocycles. The van der Waals surface area contributed by atoms with Gasteiger partial charge in [0.15, 0.2) is 5.82 Å². The normalized spacial score (nSPS) is 15.6. The van der Waals surface area contributed by atoms with Crippen LogP contribution in [0.5, 0.6) is 0 Å². The van der Waals surface area contributed by atoms with Crippen LogP contribution in [0.1, 0.15) is 56.3 Å². The molecule has 21 heavy (non-hydrogen) atoms. The van der Waals surface area contributed by atoms with Gasteiger partial charge in [-0.1, -0.05) is 26.7 Å². The molecule has 3 N–H and O–H groups in total. The van der Waals surface area contributed by atoms with Crippen molar-refractivity contribution in [3.63, 3.8) is 0 Å². The van der Waals surface area contributed by atoms with E-state index in [2.05, 4.69) is 28.4 Å². The Morgan fingerprint density at radius 2 is 2.14 bits per heavy atom. The molecule has 118 valence electrons. The Labute approximate surface area is 131 Å². The second kappa shape index (κ2) is 7.11. The Morgan fingerprint density at radius 3 is 2.71 bits per heavy atom. The van der Waals surface area contributed by atoms with Gasteiger partial charge in [0.2, 0.25) is 0 Å². The highest BCUT2D eigenvalue weighted by atomic mass is 32.1. The van der Waals surface area contributed by atoms with Crippen LogP contribution in [-0.2, 0) is 0 Å². The third kappa shape index (κ3) is 3.67. The fourth-order valence-electron chi connectivity index (χ4n) is 2.89. The summed E-state index contributed by atoms with van der Waals surface area (Å²) in [5.41, 5.74) is 6.48. The van der Waals surface area contributed by atoms with E-state index in [1.807, 2.05) is 0 Å². The molecule has 1 aromatic heterocycles. The molecule has 6 heteroatoms. The summed E-state index contributed by atoms with van der Waals surface area (Å²) in [6.45, 7) is 5.43. The van der Waals surface area contributed by atoms with Crippen LogP contribution >= 0.6 is 11.5 Å². The predicted molar refractivity (Wildman–Crippen MR) is 89.0 cm³/mol. The highest BCUT2D eigenvalue weighted by Gasteiger charge is 2.29. The van der Waals surface area contributed by atoms with Gasteiger partial charge in [-0.3, -0.25) is 4.79 Å². The maximum absolute atomic E-state index is 12.1. The van der Waals surface area contributed by atoms with Gasteiger partial charge < -0.3 is 16.0 Å². The largest absolute Gasteiger partial charge is 0.382 e. The van der Waals surface area contributed by atoms with Crippen molar-refractivity contribution in [1.29, 1.82) is 0 Å². The van der Waals surface area contributed by atoms with Gasteiger partial charge in [0.1, 0.15) is 10.6 Å². The molecule has 1 heterocycles. The van der Waals surface area contributed by atoms with Gasteiger partial charge >= 0.3 is 0 Å². The zero-order valence-corrected chi connectivity index (χ0v) is 14.0. The van der Waals surface area contributed by atoms with Crippen LogP contribution in [0.3, 0.4) is 0 Å². The van der Waals surface area contributed by atoms with Crippen molar-refractivity contribution >= 4 is 28.3 Å². The van der Waals surface area contributed by atoms with Gasteiger partial charge in [-0.15, -0.1) is 0 Å². The molecule has 1 aromatic rings. The fraction of sp³-hybridized carbons (Fsp3) is 0.733. The van der Waals surface area contributed by atoms with E-state index in [9.17, 15) is 4.79 Å². The van der Waals surface area contributed by atoms with Crippen molar-refractivity contribution < 1.29 is 4.79 Å². The first kappa shape index (κ1) is 16.1. The van der Waals surface area contributed by atoms with Crippen molar-refractivity contribution in [2.45, 2.75) is 52.0 Å². The predicted octanol–water partition coefficient (Wildman–Crippen LogP) is 2.88. The number of amides is 1. The molecule has 1 aliphatic carbocycles. The Bertz CT molecular complexity index is 480. The number of nitrogens with zero attached hydrogens (tertiary/aromatic N) is 2. The Morgan fingerprint density at radius 1 is 1.48 bits per heavy atom. The quantitative estimate of drug-likeness (QED) is 0.847. The summed E-state index contributed by atoms with van der Waals surface area (Å²) in [6.07, 6.45) is 6.05. The topological polar surface area (TPSA) is 71.2 Å². The lowest BCUT2D eigenvalue weighted by Crippen LogP contribution is -2.36. The summed E-state index contributed by atoms with van der Waals surface area (Å²) in [7, 11) is 1.64. The first-order chi connectivity index (χ1) is 10.0. The Hall–Kier alpha value is -1.30. The molecule has 5 nitrogen and oxygen atoms in total. The van der Waals surface area contributed by atoms with Crippen LogP contribution in [0.2, 0.25) is 0 Å². The molecular weight excluding hydrogens is 284 g/mol.